The standard InChI is InChI=1S/C15H22N2O2/c1-10-2-7-14(19-10)9-17(13-5-6-13)15(18)11-3-4-12(16)8-11/h2,7,11-13H,3-6,8-9,16H2,1H3. The summed E-state index contributed by atoms with van der Waals surface area (Å²) in [5.41, 5.74) is 5.92. The number of nitrogens with two attached hydrogens (primary N) is 1. The lowest BCUT2D eigenvalue weighted by Crippen LogP contribution is -2.37. The van der Waals surface area contributed by atoms with Gasteiger partial charge in [-0.25, -0.2) is 0 Å². The number of hydrogen-bond acceptors (Lipinski definition) is 3. The summed E-state index contributed by atoms with van der Waals surface area (Å²) in [5, 5.41) is 0. The van der Waals surface area contributed by atoms with E-state index in [1.807, 2.05) is 24.0 Å². The molecule has 0 aliphatic heterocycles. The zero-order chi connectivity index (χ0) is 13.4. The fourth-order valence-corrected chi connectivity index (χ4v) is 2.99. The van der Waals surface area contributed by atoms with Crippen LogP contribution in [0.4, 0.5) is 0 Å². The third-order valence-corrected chi connectivity index (χ3v) is 4.22. The van der Waals surface area contributed by atoms with Crippen molar-refractivity contribution in [2.75, 3.05) is 0 Å². The van der Waals surface area contributed by atoms with Crippen molar-refractivity contribution in [3.63, 3.8) is 0 Å². The second-order valence-corrected chi connectivity index (χ2v) is 5.98. The minimum atomic E-state index is 0.131. The lowest BCUT2D eigenvalue weighted by Gasteiger charge is -2.24. The Hall–Kier alpha value is -1.29. The quantitative estimate of drug-likeness (QED) is 0.905. The van der Waals surface area contributed by atoms with Gasteiger partial charge in [0.15, 0.2) is 0 Å². The summed E-state index contributed by atoms with van der Waals surface area (Å²) in [7, 11) is 0. The van der Waals surface area contributed by atoms with Crippen molar-refractivity contribution in [3.05, 3.63) is 23.7 Å². The minimum Gasteiger partial charge on any atom is -0.464 e. The van der Waals surface area contributed by atoms with Crippen LogP contribution in [0.3, 0.4) is 0 Å². The van der Waals surface area contributed by atoms with Crippen molar-refractivity contribution in [1.29, 1.82) is 0 Å². The van der Waals surface area contributed by atoms with Gasteiger partial charge in [0.05, 0.1) is 6.54 Å². The van der Waals surface area contributed by atoms with E-state index in [2.05, 4.69) is 0 Å². The zero-order valence-electron chi connectivity index (χ0n) is 11.5. The van der Waals surface area contributed by atoms with Gasteiger partial charge >= 0.3 is 0 Å². The molecular formula is C15H22N2O2. The lowest BCUT2D eigenvalue weighted by atomic mass is 10.1. The lowest BCUT2D eigenvalue weighted by molar-refractivity contribution is -0.136. The Bertz CT molecular complexity index is 464. The van der Waals surface area contributed by atoms with Gasteiger partial charge in [-0.15, -0.1) is 0 Å². The van der Waals surface area contributed by atoms with Gasteiger partial charge in [-0.1, -0.05) is 0 Å². The van der Waals surface area contributed by atoms with Crippen LogP contribution < -0.4 is 5.73 Å². The number of hydrogen-bond donors (Lipinski definition) is 1. The molecular weight excluding hydrogens is 240 g/mol. The van der Waals surface area contributed by atoms with Gasteiger partial charge in [0.1, 0.15) is 11.5 Å². The second-order valence-electron chi connectivity index (χ2n) is 5.98. The molecule has 1 aromatic heterocycles. The molecule has 1 amide bonds. The third kappa shape index (κ3) is 2.84. The molecule has 0 aromatic carbocycles. The van der Waals surface area contributed by atoms with Crippen molar-refractivity contribution >= 4 is 5.91 Å². The molecule has 2 atom stereocenters. The predicted molar refractivity (Wildman–Crippen MR) is 72.3 cm³/mol. The van der Waals surface area contributed by atoms with Crippen molar-refractivity contribution in [1.82, 2.24) is 4.90 Å². The van der Waals surface area contributed by atoms with Crippen molar-refractivity contribution in [2.24, 2.45) is 11.7 Å². The summed E-state index contributed by atoms with van der Waals surface area (Å²) in [4.78, 5) is 14.6. The van der Waals surface area contributed by atoms with Crippen LogP contribution >= 0.6 is 0 Å². The van der Waals surface area contributed by atoms with Gasteiger partial charge in [0.25, 0.3) is 0 Å². The smallest absolute Gasteiger partial charge is 0.226 e. The SMILES string of the molecule is Cc1ccc(CN(C(=O)C2CCC(N)C2)C2CC2)o1. The van der Waals surface area contributed by atoms with E-state index < -0.39 is 0 Å². The minimum absolute atomic E-state index is 0.131. The first kappa shape index (κ1) is 12.7. The Morgan fingerprint density at radius 1 is 1.37 bits per heavy atom. The average molecular weight is 262 g/mol. The average Bonchev–Trinajstić information content (AvgIpc) is 3.00. The summed E-state index contributed by atoms with van der Waals surface area (Å²) in [6.45, 7) is 2.55. The molecule has 2 N–H and O–H groups in total. The molecule has 2 saturated carbocycles. The zero-order valence-corrected chi connectivity index (χ0v) is 11.5. The van der Waals surface area contributed by atoms with Crippen molar-refractivity contribution in [2.45, 2.75) is 57.7 Å². The Morgan fingerprint density at radius 2 is 2.16 bits per heavy atom. The van der Waals surface area contributed by atoms with E-state index in [9.17, 15) is 4.79 Å². The number of aryl methyl sites for hydroxylation is 1. The molecule has 104 valence electrons. The molecule has 2 aliphatic rings. The molecule has 1 heterocycles. The number of furan rings is 1. The molecule has 19 heavy (non-hydrogen) atoms. The molecule has 2 aliphatic carbocycles. The van der Waals surface area contributed by atoms with Gasteiger partial charge in [-0.2, -0.15) is 0 Å². The Balaban J connectivity index is 1.68. The molecule has 2 unspecified atom stereocenters. The molecule has 0 bridgehead atoms. The monoisotopic (exact) mass is 262 g/mol. The van der Waals surface area contributed by atoms with Crippen LogP contribution in [0.5, 0.6) is 0 Å². The predicted octanol–water partition coefficient (Wildman–Crippen LogP) is 2.21. The van der Waals surface area contributed by atoms with E-state index in [-0.39, 0.29) is 17.9 Å². The number of carbonyl (C=O) groups excluding carboxylic acids is 1. The first-order valence-electron chi connectivity index (χ1n) is 7.25. The van der Waals surface area contributed by atoms with Crippen LogP contribution in [0.25, 0.3) is 0 Å². The molecule has 0 radical (unpaired) electrons. The highest BCUT2D eigenvalue weighted by Crippen LogP contribution is 2.33. The number of rotatable bonds is 4. The Labute approximate surface area is 113 Å². The Kier molecular flexibility index (Phi) is 3.35. The maximum Gasteiger partial charge on any atom is 0.226 e. The van der Waals surface area contributed by atoms with Crippen LogP contribution in [-0.4, -0.2) is 22.9 Å². The van der Waals surface area contributed by atoms with Crippen LogP contribution in [0.1, 0.15) is 43.6 Å². The fraction of sp³-hybridized carbons (Fsp3) is 0.667. The van der Waals surface area contributed by atoms with E-state index in [1.165, 1.54) is 0 Å². The van der Waals surface area contributed by atoms with E-state index in [4.69, 9.17) is 10.2 Å². The third-order valence-electron chi connectivity index (χ3n) is 4.22. The number of nitrogens with zero attached hydrogens (tertiary/aromatic N) is 1. The normalized spacial score (nSPS) is 26.6. The highest BCUT2D eigenvalue weighted by molar-refractivity contribution is 5.79. The largest absolute Gasteiger partial charge is 0.464 e. The van der Waals surface area contributed by atoms with Crippen molar-refractivity contribution < 1.29 is 9.21 Å². The van der Waals surface area contributed by atoms with Gasteiger partial charge in [0.2, 0.25) is 5.91 Å². The highest BCUT2D eigenvalue weighted by Gasteiger charge is 2.38. The molecule has 0 spiro atoms. The summed E-state index contributed by atoms with van der Waals surface area (Å²) >= 11 is 0. The topological polar surface area (TPSA) is 59.5 Å². The number of amides is 1. The van der Waals surface area contributed by atoms with E-state index in [1.54, 1.807) is 0 Å². The molecule has 0 saturated heterocycles. The van der Waals surface area contributed by atoms with Crippen LogP contribution in [0.15, 0.2) is 16.5 Å². The molecule has 2 fully saturated rings. The van der Waals surface area contributed by atoms with E-state index >= 15 is 0 Å². The highest BCUT2D eigenvalue weighted by atomic mass is 16.3. The molecule has 4 heteroatoms. The van der Waals surface area contributed by atoms with E-state index in [0.717, 1.165) is 43.6 Å². The summed E-state index contributed by atoms with van der Waals surface area (Å²) in [5.74, 6) is 2.21. The first-order chi connectivity index (χ1) is 9.13. The maximum atomic E-state index is 12.6. The Morgan fingerprint density at radius 3 is 2.68 bits per heavy atom. The summed E-state index contributed by atoms with van der Waals surface area (Å²) in [6.07, 6.45) is 5.03. The van der Waals surface area contributed by atoms with Crippen LogP contribution in [0, 0.1) is 12.8 Å². The van der Waals surface area contributed by atoms with Crippen LogP contribution in [0.2, 0.25) is 0 Å². The first-order valence-corrected chi connectivity index (χ1v) is 7.25. The van der Waals surface area contributed by atoms with Gasteiger partial charge in [-0.05, 0) is 51.2 Å². The van der Waals surface area contributed by atoms with E-state index in [0.29, 0.717) is 12.6 Å². The molecule has 4 nitrogen and oxygen atoms in total. The van der Waals surface area contributed by atoms with Crippen LogP contribution in [-0.2, 0) is 11.3 Å². The van der Waals surface area contributed by atoms with Gasteiger partial charge < -0.3 is 15.1 Å². The second kappa shape index (κ2) is 5.00. The maximum absolute atomic E-state index is 12.6. The molecule has 3 rings (SSSR count). The summed E-state index contributed by atoms with van der Waals surface area (Å²) < 4.78 is 5.61. The van der Waals surface area contributed by atoms with Crippen molar-refractivity contribution in [3.8, 4) is 0 Å². The fourth-order valence-electron chi connectivity index (χ4n) is 2.99. The van der Waals surface area contributed by atoms with Gasteiger partial charge in [-0.3, -0.25) is 4.79 Å². The molecule has 1 aromatic rings. The number of carbonyl (C=O) groups is 1. The van der Waals surface area contributed by atoms with Gasteiger partial charge in [0, 0.05) is 18.0 Å². The summed E-state index contributed by atoms with van der Waals surface area (Å²) in [6, 6.07) is 4.56.